The fourth-order valence-corrected chi connectivity index (χ4v) is 16.7. The van der Waals surface area contributed by atoms with Gasteiger partial charge >= 0.3 is 0 Å². The van der Waals surface area contributed by atoms with Gasteiger partial charge in [0.15, 0.2) is 23.0 Å². The van der Waals surface area contributed by atoms with Gasteiger partial charge < -0.3 is 28.4 Å². The average Bonchev–Trinajstić information content (AvgIpc) is 0.820. The molecule has 688 valence electrons. The lowest BCUT2D eigenvalue weighted by Crippen LogP contribution is -2.07. The maximum Gasteiger partial charge on any atom is 0.203 e. The summed E-state index contributed by atoms with van der Waals surface area (Å²) >= 11 is 0. The fourth-order valence-electron chi connectivity index (χ4n) is 16.7. The molecule has 0 aliphatic carbocycles. The van der Waals surface area contributed by atoms with Crippen molar-refractivity contribution in [3.05, 3.63) is 177 Å². The second-order valence-electron chi connectivity index (χ2n) is 36.2. The Hall–Kier alpha value is -7.18. The molecule has 0 aliphatic heterocycles. The third-order valence-corrected chi connectivity index (χ3v) is 24.6. The molecule has 0 saturated carbocycles. The van der Waals surface area contributed by atoms with E-state index in [1.807, 2.05) is 0 Å². The fraction of sp³-hybridized carbons (Fsp3) is 0.610. The minimum Gasteiger partial charge on any atom is -0.490 e. The Bertz CT molecular complexity index is 3340. The number of rotatable bonds is 82. The third-order valence-electron chi connectivity index (χ3n) is 24.6. The SMILES string of the molecule is CCCCCCCCCCCCOc1cc(/C=C/c2ccc(/C=C/c3cc(/C=C/c4ccccc4)cc(/C=C/c4ccc(/C=C/c5cc(OCCCCCCCCCCCC)c(OCCCCCCCCCCCC)c(OCCCCCCCCCCCC)c5)cc4)c3)cc2)cc(OCCCCCCCCCCCC)c1OCCCCCCCCCCCC. The average molecular weight is 1690 g/mol. The Morgan fingerprint density at radius 3 is 0.476 bits per heavy atom. The van der Waals surface area contributed by atoms with Gasteiger partial charge in [0, 0.05) is 0 Å². The van der Waals surface area contributed by atoms with E-state index >= 15 is 0 Å². The molecule has 0 radical (unpaired) electrons. The van der Waals surface area contributed by atoms with Crippen molar-refractivity contribution in [1.82, 2.24) is 0 Å². The van der Waals surface area contributed by atoms with Crippen LogP contribution in [0, 0.1) is 0 Å². The minimum atomic E-state index is 0.668. The Morgan fingerprint density at radius 1 is 0.145 bits per heavy atom. The van der Waals surface area contributed by atoms with Gasteiger partial charge in [-0.05, 0) is 137 Å². The van der Waals surface area contributed by atoms with Gasteiger partial charge in [-0.15, -0.1) is 0 Å². The van der Waals surface area contributed by atoms with E-state index in [1.165, 1.54) is 352 Å². The first-order valence-electron chi connectivity index (χ1n) is 52.3. The van der Waals surface area contributed by atoms with Crippen molar-refractivity contribution in [3.8, 4) is 34.5 Å². The zero-order valence-electron chi connectivity index (χ0n) is 80.4. The van der Waals surface area contributed by atoms with E-state index in [4.69, 9.17) is 28.4 Å². The van der Waals surface area contributed by atoms with Crippen LogP contribution >= 0.6 is 0 Å². The van der Waals surface area contributed by atoms with Crippen LogP contribution in [0.15, 0.2) is 121 Å². The van der Waals surface area contributed by atoms with Crippen molar-refractivity contribution < 1.29 is 28.4 Å². The second kappa shape index (κ2) is 74.9. The molecular weight excluding hydrogens is 1510 g/mol. The van der Waals surface area contributed by atoms with Gasteiger partial charge in [0.05, 0.1) is 39.6 Å². The van der Waals surface area contributed by atoms with Gasteiger partial charge in [0.1, 0.15) is 0 Å². The molecular formula is C118H180O6. The zero-order chi connectivity index (χ0) is 87.4. The molecule has 0 spiro atoms. The van der Waals surface area contributed by atoms with Crippen LogP contribution < -0.4 is 28.4 Å². The van der Waals surface area contributed by atoms with Crippen molar-refractivity contribution in [2.75, 3.05) is 39.6 Å². The first-order chi connectivity index (χ1) is 61.4. The van der Waals surface area contributed by atoms with E-state index in [2.05, 4.69) is 224 Å². The van der Waals surface area contributed by atoms with Crippen molar-refractivity contribution in [1.29, 1.82) is 0 Å². The van der Waals surface area contributed by atoms with Crippen molar-refractivity contribution in [3.63, 3.8) is 0 Å². The number of hydrogen-bond donors (Lipinski definition) is 0. The molecule has 0 saturated heterocycles. The highest BCUT2D eigenvalue weighted by molar-refractivity contribution is 5.80. The van der Waals surface area contributed by atoms with E-state index in [-0.39, 0.29) is 0 Å². The number of hydrogen-bond acceptors (Lipinski definition) is 6. The highest BCUT2D eigenvalue weighted by atomic mass is 16.5. The number of unbranched alkanes of at least 4 members (excludes halogenated alkanes) is 54. The minimum absolute atomic E-state index is 0.668. The molecule has 0 fully saturated rings. The van der Waals surface area contributed by atoms with Gasteiger partial charge in [-0.2, -0.15) is 0 Å². The van der Waals surface area contributed by atoms with Gasteiger partial charge in [-0.1, -0.05) is 528 Å². The summed E-state index contributed by atoms with van der Waals surface area (Å²) in [7, 11) is 0. The first-order valence-corrected chi connectivity index (χ1v) is 52.3. The summed E-state index contributed by atoms with van der Waals surface area (Å²) in [6.07, 6.45) is 100.0. The highest BCUT2D eigenvalue weighted by Gasteiger charge is 2.19. The Morgan fingerprint density at radius 2 is 0.290 bits per heavy atom. The first kappa shape index (κ1) is 106. The molecule has 0 N–H and O–H groups in total. The lowest BCUT2D eigenvalue weighted by atomic mass is 10.0. The van der Waals surface area contributed by atoms with Crippen LogP contribution in [0.5, 0.6) is 34.5 Å². The molecule has 0 unspecified atom stereocenters. The van der Waals surface area contributed by atoms with E-state index in [9.17, 15) is 0 Å². The summed E-state index contributed by atoms with van der Waals surface area (Å²) in [6, 6.07) is 44.0. The molecule has 0 bridgehead atoms. The van der Waals surface area contributed by atoms with E-state index in [0.717, 1.165) is 123 Å². The number of ether oxygens (including phenoxy) is 6. The number of benzene rings is 6. The van der Waals surface area contributed by atoms with E-state index in [1.54, 1.807) is 0 Å². The summed E-state index contributed by atoms with van der Waals surface area (Å²) < 4.78 is 40.8. The van der Waals surface area contributed by atoms with Gasteiger partial charge in [-0.3, -0.25) is 0 Å². The maximum absolute atomic E-state index is 6.79. The second-order valence-corrected chi connectivity index (χ2v) is 36.2. The Balaban J connectivity index is 1.18. The topological polar surface area (TPSA) is 55.4 Å². The molecule has 0 aromatic heterocycles. The summed E-state index contributed by atoms with van der Waals surface area (Å²) in [5.74, 6) is 4.79. The molecule has 0 atom stereocenters. The Kier molecular flexibility index (Phi) is 63.7. The largest absolute Gasteiger partial charge is 0.490 e. The lowest BCUT2D eigenvalue weighted by Gasteiger charge is -2.18. The van der Waals surface area contributed by atoms with Crippen LogP contribution in [-0.2, 0) is 0 Å². The summed E-state index contributed by atoms with van der Waals surface area (Å²) in [4.78, 5) is 0. The van der Waals surface area contributed by atoms with Crippen LogP contribution in [-0.4, -0.2) is 39.6 Å². The molecule has 6 aromatic carbocycles. The molecule has 6 aromatic rings. The summed E-state index contributed by atoms with van der Waals surface area (Å²) in [5, 5.41) is 0. The Labute approximate surface area is 762 Å². The van der Waals surface area contributed by atoms with Crippen LogP contribution in [0.1, 0.15) is 482 Å². The van der Waals surface area contributed by atoms with Crippen LogP contribution in [0.25, 0.3) is 60.8 Å². The van der Waals surface area contributed by atoms with Gasteiger partial charge in [0.25, 0.3) is 0 Å². The van der Waals surface area contributed by atoms with Crippen LogP contribution in [0.2, 0.25) is 0 Å². The molecule has 6 nitrogen and oxygen atoms in total. The third kappa shape index (κ3) is 52.8. The predicted octanol–water partition coefficient (Wildman–Crippen LogP) is 38.3. The van der Waals surface area contributed by atoms with Crippen molar-refractivity contribution in [2.45, 2.75) is 427 Å². The quantitative estimate of drug-likeness (QED) is 0.0280. The lowest BCUT2D eigenvalue weighted by molar-refractivity contribution is 0.234. The summed E-state index contributed by atoms with van der Waals surface area (Å²) in [6.45, 7) is 17.8. The standard InChI is InChI=1S/C118H180O6/c1-7-13-19-25-31-37-43-49-55-64-90-119-113-99-111(100-114(120-91-65-56-50-44-38-32-26-20-14-8-2)117(113)123-94-68-59-53-47-41-35-29-23-17-11-5)88-83-106-76-72-104(73-77-106)81-86-109-96-108(85-80-103-70-62-61-63-71-103)97-110(98-109)87-82-105-74-78-107(79-75-105)84-89-112-101-115(121-92-66-57-51-45-39-33-27-21-15-9-3)118(124-95-69-60-54-48-42-36-30-24-18-12-6)116(102-112)122-93-67-58-52-46-40-34-28-22-16-10-4/h61-63,70-89,96-102H,7-60,64-69,90-95H2,1-6H3/b85-80+,86-81+,87-82+,88-83+,89-84+. The molecule has 124 heavy (non-hydrogen) atoms. The molecule has 6 heteroatoms. The van der Waals surface area contributed by atoms with Gasteiger partial charge in [-0.25, -0.2) is 0 Å². The van der Waals surface area contributed by atoms with E-state index in [0.29, 0.717) is 39.6 Å². The predicted molar refractivity (Wildman–Crippen MR) is 547 cm³/mol. The normalized spacial score (nSPS) is 11.8. The van der Waals surface area contributed by atoms with Crippen LogP contribution in [0.4, 0.5) is 0 Å². The monoisotopic (exact) mass is 1690 g/mol. The smallest absolute Gasteiger partial charge is 0.203 e. The van der Waals surface area contributed by atoms with Crippen LogP contribution in [0.3, 0.4) is 0 Å². The van der Waals surface area contributed by atoms with Crippen molar-refractivity contribution in [2.24, 2.45) is 0 Å². The zero-order valence-corrected chi connectivity index (χ0v) is 80.4. The highest BCUT2D eigenvalue weighted by Crippen LogP contribution is 2.42. The molecule has 6 rings (SSSR count). The summed E-state index contributed by atoms with van der Waals surface area (Å²) in [5.41, 5.74) is 11.3. The molecule has 0 amide bonds. The van der Waals surface area contributed by atoms with Gasteiger partial charge in [0.2, 0.25) is 11.5 Å². The molecule has 0 aliphatic rings. The van der Waals surface area contributed by atoms with Crippen molar-refractivity contribution >= 4 is 60.8 Å². The van der Waals surface area contributed by atoms with E-state index < -0.39 is 0 Å². The molecule has 0 heterocycles. The maximum atomic E-state index is 6.79.